The van der Waals surface area contributed by atoms with E-state index in [9.17, 15) is 0 Å². The maximum absolute atomic E-state index is 6.00. The SMILES string of the molecule is C=CCC1=C(CCC)O[C@@H](C2(C)CO2)C1. The van der Waals surface area contributed by atoms with Crippen molar-refractivity contribution in [3.05, 3.63) is 24.0 Å². The minimum Gasteiger partial charge on any atom is -0.491 e. The molecule has 2 aliphatic heterocycles. The van der Waals surface area contributed by atoms with E-state index in [0.29, 0.717) is 0 Å². The zero-order valence-electron chi connectivity index (χ0n) is 9.71. The van der Waals surface area contributed by atoms with Crippen LogP contribution in [0.25, 0.3) is 0 Å². The summed E-state index contributed by atoms with van der Waals surface area (Å²) in [6.45, 7) is 8.97. The van der Waals surface area contributed by atoms with E-state index < -0.39 is 0 Å². The van der Waals surface area contributed by atoms with E-state index in [1.54, 1.807) is 0 Å². The lowest BCUT2D eigenvalue weighted by Crippen LogP contribution is -2.26. The van der Waals surface area contributed by atoms with Gasteiger partial charge in [0.2, 0.25) is 0 Å². The smallest absolute Gasteiger partial charge is 0.133 e. The standard InChI is InChI=1S/C13H20O2/c1-4-6-10-8-12(13(3)9-14-13)15-11(10)7-5-2/h4,12H,1,5-9H2,2-3H3/t12-,13?/m1/s1. The lowest BCUT2D eigenvalue weighted by atomic mass is 9.98. The molecule has 0 radical (unpaired) electrons. The van der Waals surface area contributed by atoms with Gasteiger partial charge in [0.25, 0.3) is 0 Å². The number of hydrogen-bond donors (Lipinski definition) is 0. The molecule has 0 bridgehead atoms. The first kappa shape index (κ1) is 10.7. The lowest BCUT2D eigenvalue weighted by molar-refractivity contribution is 0.0654. The second-order valence-corrected chi connectivity index (χ2v) is 4.68. The van der Waals surface area contributed by atoms with Crippen molar-refractivity contribution in [2.24, 2.45) is 0 Å². The van der Waals surface area contributed by atoms with E-state index in [2.05, 4.69) is 20.4 Å². The van der Waals surface area contributed by atoms with Gasteiger partial charge in [-0.05, 0) is 25.3 Å². The Bertz CT molecular complexity index is 287. The molecule has 0 aromatic rings. The summed E-state index contributed by atoms with van der Waals surface area (Å²) in [5.41, 5.74) is 1.41. The average Bonchev–Trinajstić information content (AvgIpc) is 2.82. The van der Waals surface area contributed by atoms with Crippen molar-refractivity contribution < 1.29 is 9.47 Å². The van der Waals surface area contributed by atoms with Crippen LogP contribution in [0, 0.1) is 0 Å². The van der Waals surface area contributed by atoms with Crippen molar-refractivity contribution in [1.82, 2.24) is 0 Å². The van der Waals surface area contributed by atoms with Gasteiger partial charge in [-0.2, -0.15) is 0 Å². The van der Waals surface area contributed by atoms with Crippen LogP contribution in [0.2, 0.25) is 0 Å². The molecule has 0 saturated carbocycles. The number of allylic oxidation sites excluding steroid dienone is 2. The molecular weight excluding hydrogens is 188 g/mol. The molecule has 2 heterocycles. The molecule has 1 saturated heterocycles. The predicted octanol–water partition coefficient (Wildman–Crippen LogP) is 3.19. The summed E-state index contributed by atoms with van der Waals surface area (Å²) in [7, 11) is 0. The van der Waals surface area contributed by atoms with Gasteiger partial charge in [0, 0.05) is 12.8 Å². The second kappa shape index (κ2) is 4.01. The molecule has 0 spiro atoms. The van der Waals surface area contributed by atoms with Crippen LogP contribution in [0.5, 0.6) is 0 Å². The Kier molecular flexibility index (Phi) is 2.87. The number of ether oxygens (including phenoxy) is 2. The van der Waals surface area contributed by atoms with Crippen LogP contribution in [0.1, 0.15) is 39.5 Å². The molecule has 84 valence electrons. The highest BCUT2D eigenvalue weighted by Crippen LogP contribution is 2.42. The fourth-order valence-corrected chi connectivity index (χ4v) is 2.11. The fraction of sp³-hybridized carbons (Fsp3) is 0.692. The summed E-state index contributed by atoms with van der Waals surface area (Å²) < 4.78 is 11.5. The average molecular weight is 208 g/mol. The Morgan fingerprint density at radius 2 is 2.33 bits per heavy atom. The fourth-order valence-electron chi connectivity index (χ4n) is 2.11. The third-order valence-corrected chi connectivity index (χ3v) is 3.26. The summed E-state index contributed by atoms with van der Waals surface area (Å²) in [5.74, 6) is 1.19. The van der Waals surface area contributed by atoms with E-state index in [0.717, 1.165) is 32.3 Å². The maximum Gasteiger partial charge on any atom is 0.133 e. The van der Waals surface area contributed by atoms with Gasteiger partial charge in [-0.25, -0.2) is 0 Å². The van der Waals surface area contributed by atoms with Crippen LogP contribution in [-0.4, -0.2) is 18.3 Å². The highest BCUT2D eigenvalue weighted by atomic mass is 16.6. The molecule has 15 heavy (non-hydrogen) atoms. The van der Waals surface area contributed by atoms with Gasteiger partial charge in [-0.3, -0.25) is 0 Å². The van der Waals surface area contributed by atoms with Gasteiger partial charge in [-0.15, -0.1) is 6.58 Å². The van der Waals surface area contributed by atoms with Crippen molar-refractivity contribution in [3.63, 3.8) is 0 Å². The van der Waals surface area contributed by atoms with Gasteiger partial charge in [0.05, 0.1) is 12.4 Å². The summed E-state index contributed by atoms with van der Waals surface area (Å²) in [6, 6.07) is 0. The molecular formula is C13H20O2. The predicted molar refractivity (Wildman–Crippen MR) is 60.6 cm³/mol. The van der Waals surface area contributed by atoms with Crippen molar-refractivity contribution in [3.8, 4) is 0 Å². The Morgan fingerprint density at radius 1 is 1.60 bits per heavy atom. The van der Waals surface area contributed by atoms with Crippen LogP contribution in [0.4, 0.5) is 0 Å². The topological polar surface area (TPSA) is 21.8 Å². The van der Waals surface area contributed by atoms with Crippen LogP contribution in [0.15, 0.2) is 24.0 Å². The maximum atomic E-state index is 6.00. The number of epoxide rings is 1. The first-order chi connectivity index (χ1) is 7.19. The number of hydrogen-bond acceptors (Lipinski definition) is 2. The first-order valence-electron chi connectivity index (χ1n) is 5.82. The summed E-state index contributed by atoms with van der Waals surface area (Å²) in [4.78, 5) is 0. The van der Waals surface area contributed by atoms with E-state index in [1.165, 1.54) is 11.3 Å². The minimum absolute atomic E-state index is 0.0120. The van der Waals surface area contributed by atoms with Crippen LogP contribution < -0.4 is 0 Å². The molecule has 2 aliphatic rings. The van der Waals surface area contributed by atoms with Gasteiger partial charge >= 0.3 is 0 Å². The molecule has 0 aromatic heterocycles. The van der Waals surface area contributed by atoms with Crippen molar-refractivity contribution in [2.45, 2.75) is 51.2 Å². The van der Waals surface area contributed by atoms with E-state index in [-0.39, 0.29) is 11.7 Å². The Morgan fingerprint density at radius 3 is 2.87 bits per heavy atom. The van der Waals surface area contributed by atoms with Gasteiger partial charge in [0.1, 0.15) is 11.7 Å². The van der Waals surface area contributed by atoms with Crippen LogP contribution in [0.3, 0.4) is 0 Å². The molecule has 1 unspecified atom stereocenters. The highest BCUT2D eigenvalue weighted by Gasteiger charge is 2.51. The van der Waals surface area contributed by atoms with Crippen LogP contribution in [-0.2, 0) is 9.47 Å². The normalized spacial score (nSPS) is 34.1. The summed E-state index contributed by atoms with van der Waals surface area (Å²) >= 11 is 0. The number of rotatable bonds is 5. The zero-order chi connectivity index (χ0) is 10.9. The van der Waals surface area contributed by atoms with Crippen molar-refractivity contribution in [1.29, 1.82) is 0 Å². The minimum atomic E-state index is -0.0120. The van der Waals surface area contributed by atoms with Crippen LogP contribution >= 0.6 is 0 Å². The Hall–Kier alpha value is -0.760. The van der Waals surface area contributed by atoms with Gasteiger partial charge in [-0.1, -0.05) is 13.0 Å². The molecule has 0 aliphatic carbocycles. The highest BCUT2D eigenvalue weighted by molar-refractivity contribution is 5.21. The van der Waals surface area contributed by atoms with Gasteiger partial charge < -0.3 is 9.47 Å². The first-order valence-corrected chi connectivity index (χ1v) is 5.82. The molecule has 1 fully saturated rings. The quantitative estimate of drug-likeness (QED) is 0.511. The largest absolute Gasteiger partial charge is 0.491 e. The third-order valence-electron chi connectivity index (χ3n) is 3.26. The molecule has 2 nitrogen and oxygen atoms in total. The Labute approximate surface area is 92.0 Å². The molecule has 2 heteroatoms. The zero-order valence-corrected chi connectivity index (χ0v) is 9.71. The molecule has 0 aromatic carbocycles. The summed E-state index contributed by atoms with van der Waals surface area (Å²) in [5, 5.41) is 0. The molecule has 0 N–H and O–H groups in total. The molecule has 0 amide bonds. The summed E-state index contributed by atoms with van der Waals surface area (Å²) in [6.07, 6.45) is 6.39. The van der Waals surface area contributed by atoms with E-state index >= 15 is 0 Å². The molecule has 2 rings (SSSR count). The lowest BCUT2D eigenvalue weighted by Gasteiger charge is -2.16. The van der Waals surface area contributed by atoms with E-state index in [4.69, 9.17) is 9.47 Å². The monoisotopic (exact) mass is 208 g/mol. The van der Waals surface area contributed by atoms with Crippen molar-refractivity contribution in [2.75, 3.05) is 6.61 Å². The molecule has 2 atom stereocenters. The van der Waals surface area contributed by atoms with Crippen molar-refractivity contribution >= 4 is 0 Å². The third kappa shape index (κ3) is 2.10. The van der Waals surface area contributed by atoms with E-state index in [1.807, 2.05) is 6.08 Å². The van der Waals surface area contributed by atoms with Gasteiger partial charge in [0.15, 0.2) is 0 Å². The second-order valence-electron chi connectivity index (χ2n) is 4.68. The Balaban J connectivity index is 2.02.